The maximum atomic E-state index is 12.5. The van der Waals surface area contributed by atoms with E-state index < -0.39 is 21.8 Å². The maximum Gasteiger partial charge on any atom is 0.279 e. The Balaban J connectivity index is 1.74. The van der Waals surface area contributed by atoms with Crippen LogP contribution in [-0.2, 0) is 14.8 Å². The zero-order chi connectivity index (χ0) is 19.2. The van der Waals surface area contributed by atoms with Crippen molar-refractivity contribution in [2.24, 2.45) is 4.99 Å². The zero-order valence-corrected chi connectivity index (χ0v) is 15.6. The Kier molecular flexibility index (Phi) is 4.05. The van der Waals surface area contributed by atoms with Gasteiger partial charge in [0.2, 0.25) is 11.0 Å². The highest BCUT2D eigenvalue weighted by Crippen LogP contribution is 2.34. The van der Waals surface area contributed by atoms with Crippen LogP contribution in [-0.4, -0.2) is 24.4 Å². The summed E-state index contributed by atoms with van der Waals surface area (Å²) in [7, 11) is -3.86. The van der Waals surface area contributed by atoms with E-state index in [9.17, 15) is 18.3 Å². The minimum Gasteiger partial charge on any atom is -0.492 e. The van der Waals surface area contributed by atoms with Gasteiger partial charge in [0.05, 0.1) is 15.8 Å². The van der Waals surface area contributed by atoms with Crippen molar-refractivity contribution in [2.45, 2.75) is 11.8 Å². The van der Waals surface area contributed by atoms with Crippen molar-refractivity contribution in [2.75, 3.05) is 4.72 Å². The summed E-state index contributed by atoms with van der Waals surface area (Å²) in [6.07, 6.45) is 0. The van der Waals surface area contributed by atoms with Gasteiger partial charge in [-0.3, -0.25) is 9.52 Å². The number of aromatic hydroxyl groups is 1. The highest BCUT2D eigenvalue weighted by Gasteiger charge is 2.26. The molecule has 136 valence electrons. The van der Waals surface area contributed by atoms with Gasteiger partial charge in [-0.1, -0.05) is 47.2 Å². The van der Waals surface area contributed by atoms with Crippen LogP contribution in [0.4, 0.5) is 5.13 Å². The topological polar surface area (TPSA) is 109 Å². The predicted molar refractivity (Wildman–Crippen MR) is 101 cm³/mol. The van der Waals surface area contributed by atoms with Crippen LogP contribution >= 0.6 is 11.3 Å². The molecule has 0 radical (unpaired) electrons. The molecular weight excluding hydrogens is 386 g/mol. The molecule has 0 atom stereocenters. The molecule has 1 aliphatic rings. The summed E-state index contributed by atoms with van der Waals surface area (Å²) < 4.78 is 27.3. The van der Waals surface area contributed by atoms with Crippen LogP contribution in [0.2, 0.25) is 0 Å². The fourth-order valence-electron chi connectivity index (χ4n) is 2.69. The molecule has 3 aromatic rings. The number of para-hydroxylation sites is 1. The van der Waals surface area contributed by atoms with E-state index in [0.717, 1.165) is 16.9 Å². The van der Waals surface area contributed by atoms with Gasteiger partial charge in [0, 0.05) is 5.22 Å². The van der Waals surface area contributed by atoms with Gasteiger partial charge < -0.3 is 5.11 Å². The van der Waals surface area contributed by atoms with Gasteiger partial charge in [0.15, 0.2) is 0 Å². The van der Waals surface area contributed by atoms with Crippen LogP contribution in [0.3, 0.4) is 0 Å². The fourth-order valence-corrected chi connectivity index (χ4v) is 4.84. The van der Waals surface area contributed by atoms with Crippen LogP contribution in [0.5, 0.6) is 5.88 Å². The molecule has 1 aromatic heterocycles. The average Bonchev–Trinajstić information content (AvgIpc) is 3.13. The van der Waals surface area contributed by atoms with Crippen molar-refractivity contribution in [1.29, 1.82) is 0 Å². The molecule has 0 bridgehead atoms. The molecule has 0 saturated carbocycles. The lowest BCUT2D eigenvalue weighted by molar-refractivity contribution is -0.112. The molecule has 0 unspecified atom stereocenters. The number of hydrogen-bond acceptors (Lipinski definition) is 6. The highest BCUT2D eigenvalue weighted by atomic mass is 32.2. The first kappa shape index (κ1) is 17.4. The Morgan fingerprint density at radius 1 is 1.07 bits per heavy atom. The standard InChI is InChI=1S/C18H13N3O4S2/c1-10-6-8-11(9-7-10)27(24,25)21-18-20-17(23)15(26-18)14-12-4-2-3-5-13(12)19-16(14)22/h2-9,23H,1H3,(H,20,21). The molecule has 0 fully saturated rings. The number of aromatic nitrogens is 1. The maximum absolute atomic E-state index is 12.5. The Morgan fingerprint density at radius 2 is 1.78 bits per heavy atom. The lowest BCUT2D eigenvalue weighted by Crippen LogP contribution is -2.22. The molecule has 0 saturated heterocycles. The lowest BCUT2D eigenvalue weighted by Gasteiger charge is -2.05. The number of carbonyl (C=O) groups is 1. The summed E-state index contributed by atoms with van der Waals surface area (Å²) in [6.45, 7) is 1.85. The van der Waals surface area contributed by atoms with E-state index in [1.165, 1.54) is 12.1 Å². The lowest BCUT2D eigenvalue weighted by atomic mass is 10.1. The molecule has 2 N–H and O–H groups in total. The van der Waals surface area contributed by atoms with E-state index in [-0.39, 0.29) is 20.5 Å². The number of nitrogens with zero attached hydrogens (tertiary/aromatic N) is 2. The average molecular weight is 399 g/mol. The molecule has 9 heteroatoms. The molecule has 7 nitrogen and oxygen atoms in total. The van der Waals surface area contributed by atoms with Crippen LogP contribution in [0, 0.1) is 6.92 Å². The number of hydrogen-bond donors (Lipinski definition) is 2. The Bertz CT molecular complexity index is 1290. The highest BCUT2D eigenvalue weighted by molar-refractivity contribution is 7.93. The number of sulfonamides is 1. The minimum atomic E-state index is -3.86. The second-order valence-electron chi connectivity index (χ2n) is 5.90. The van der Waals surface area contributed by atoms with Crippen molar-refractivity contribution in [3.63, 3.8) is 0 Å². The summed E-state index contributed by atoms with van der Waals surface area (Å²) in [6, 6.07) is 13.3. The van der Waals surface area contributed by atoms with E-state index in [4.69, 9.17) is 0 Å². The first-order valence-corrected chi connectivity index (χ1v) is 10.2. The normalized spacial score (nSPS) is 13.4. The Hall–Kier alpha value is -3.04. The number of carbonyl (C=O) groups excluding carboxylic acids is 1. The van der Waals surface area contributed by atoms with Gasteiger partial charge in [-0.2, -0.15) is 4.98 Å². The number of fused-ring (bicyclic) bond motifs is 1. The summed E-state index contributed by atoms with van der Waals surface area (Å²) in [4.78, 5) is 20.3. The predicted octanol–water partition coefficient (Wildman–Crippen LogP) is 1.32. The minimum absolute atomic E-state index is 0.0345. The zero-order valence-electron chi connectivity index (χ0n) is 14.0. The molecule has 4 rings (SSSR count). The smallest absolute Gasteiger partial charge is 0.279 e. The van der Waals surface area contributed by atoms with Crippen molar-refractivity contribution in [1.82, 2.24) is 4.98 Å². The first-order chi connectivity index (χ1) is 12.8. The second-order valence-corrected chi connectivity index (χ2v) is 8.58. The molecule has 1 aliphatic heterocycles. The molecule has 27 heavy (non-hydrogen) atoms. The van der Waals surface area contributed by atoms with Gasteiger partial charge in [0.25, 0.3) is 15.9 Å². The summed E-state index contributed by atoms with van der Waals surface area (Å²) >= 11 is 0.880. The monoisotopic (exact) mass is 399 g/mol. The van der Waals surface area contributed by atoms with Gasteiger partial charge >= 0.3 is 0 Å². The Labute approximate surface area is 158 Å². The van der Waals surface area contributed by atoms with Gasteiger partial charge in [-0.25, -0.2) is 13.4 Å². The van der Waals surface area contributed by atoms with Crippen molar-refractivity contribution < 1.29 is 18.3 Å². The van der Waals surface area contributed by atoms with Gasteiger partial charge in [-0.05, 0) is 25.1 Å². The van der Waals surface area contributed by atoms with Crippen molar-refractivity contribution in [3.05, 3.63) is 69.5 Å². The third kappa shape index (κ3) is 3.11. The molecule has 0 aliphatic carbocycles. The van der Waals surface area contributed by atoms with E-state index in [1.54, 1.807) is 36.4 Å². The first-order valence-electron chi connectivity index (χ1n) is 7.87. The SMILES string of the molecule is Cc1ccc(S(=O)(=O)Nc2nc(O)c(C3=c4ccccc4=NC3=O)s2)cc1. The quantitative estimate of drug-likeness (QED) is 0.688. The number of aryl methyl sites for hydroxylation is 1. The molecular formula is C18H13N3O4S2. The summed E-state index contributed by atoms with van der Waals surface area (Å²) in [5.74, 6) is -0.917. The number of rotatable bonds is 4. The molecule has 2 aromatic carbocycles. The van der Waals surface area contributed by atoms with E-state index in [0.29, 0.717) is 10.6 Å². The molecule has 1 amide bonds. The number of thiazole rings is 1. The van der Waals surface area contributed by atoms with Crippen LogP contribution in [0.1, 0.15) is 10.4 Å². The van der Waals surface area contributed by atoms with Crippen LogP contribution in [0.25, 0.3) is 5.57 Å². The number of amides is 1. The third-order valence-corrected chi connectivity index (χ3v) is 6.46. The number of benzene rings is 2. The summed E-state index contributed by atoms with van der Waals surface area (Å²) in [5.41, 5.74) is 1.14. The number of anilines is 1. The third-order valence-electron chi connectivity index (χ3n) is 4.00. The van der Waals surface area contributed by atoms with E-state index in [2.05, 4.69) is 14.7 Å². The van der Waals surface area contributed by atoms with Gasteiger partial charge in [0.1, 0.15) is 4.88 Å². The largest absolute Gasteiger partial charge is 0.492 e. The number of nitrogens with one attached hydrogen (secondary N) is 1. The van der Waals surface area contributed by atoms with Crippen molar-refractivity contribution in [3.8, 4) is 5.88 Å². The van der Waals surface area contributed by atoms with Crippen LogP contribution < -0.4 is 15.3 Å². The van der Waals surface area contributed by atoms with Crippen molar-refractivity contribution >= 4 is 38.0 Å². The second kappa shape index (κ2) is 6.29. The molecule has 0 spiro atoms. The van der Waals surface area contributed by atoms with Crippen LogP contribution in [0.15, 0.2) is 58.4 Å². The fraction of sp³-hybridized carbons (Fsp3) is 0.0556. The van der Waals surface area contributed by atoms with Gasteiger partial charge in [-0.15, -0.1) is 0 Å². The molecule has 2 heterocycles. The van der Waals surface area contributed by atoms with E-state index >= 15 is 0 Å². The summed E-state index contributed by atoms with van der Waals surface area (Å²) in [5, 5.41) is 11.2. The Morgan fingerprint density at radius 3 is 2.52 bits per heavy atom. The van der Waals surface area contributed by atoms with E-state index in [1.807, 2.05) is 6.92 Å².